The van der Waals surface area contributed by atoms with Gasteiger partial charge in [-0.1, -0.05) is 0 Å². The third-order valence-corrected chi connectivity index (χ3v) is 4.47. The quantitative estimate of drug-likeness (QED) is 0.797. The number of carboxylic acid groups (broad SMARTS) is 1. The fourth-order valence-corrected chi connectivity index (χ4v) is 2.90. The molecule has 0 aromatic heterocycles. The molecule has 0 amide bonds. The van der Waals surface area contributed by atoms with Crippen molar-refractivity contribution < 1.29 is 14.6 Å². The highest BCUT2D eigenvalue weighted by Crippen LogP contribution is 2.32. The molecule has 2 aliphatic rings. The number of aliphatic carboxylic acids is 1. The second kappa shape index (κ2) is 5.55. The van der Waals surface area contributed by atoms with E-state index in [1.54, 1.807) is 0 Å². The lowest BCUT2D eigenvalue weighted by Gasteiger charge is -2.43. The standard InChI is InChI=1S/C13H24N2O3/c1-11-9-15(6-5-14(11)2)10-13(12(16)17)3-7-18-8-4-13/h11H,3-10H2,1-2H3,(H,16,17). The molecule has 0 bridgehead atoms. The highest BCUT2D eigenvalue weighted by atomic mass is 16.5. The number of ether oxygens (including phenoxy) is 1. The van der Waals surface area contributed by atoms with Gasteiger partial charge in [-0.05, 0) is 26.8 Å². The first kappa shape index (κ1) is 13.8. The molecule has 1 unspecified atom stereocenters. The lowest BCUT2D eigenvalue weighted by atomic mass is 9.79. The summed E-state index contributed by atoms with van der Waals surface area (Å²) in [4.78, 5) is 16.2. The molecule has 1 N–H and O–H groups in total. The lowest BCUT2D eigenvalue weighted by molar-refractivity contribution is -0.157. The van der Waals surface area contributed by atoms with Crippen LogP contribution < -0.4 is 0 Å². The van der Waals surface area contributed by atoms with Crippen molar-refractivity contribution in [2.75, 3.05) is 46.4 Å². The molecule has 0 spiro atoms. The molecule has 2 saturated heterocycles. The van der Waals surface area contributed by atoms with Gasteiger partial charge in [-0.15, -0.1) is 0 Å². The van der Waals surface area contributed by atoms with E-state index < -0.39 is 11.4 Å². The van der Waals surface area contributed by atoms with Gasteiger partial charge in [0.25, 0.3) is 0 Å². The van der Waals surface area contributed by atoms with Crippen LogP contribution in [0, 0.1) is 5.41 Å². The third-order valence-electron chi connectivity index (χ3n) is 4.47. The van der Waals surface area contributed by atoms with E-state index >= 15 is 0 Å². The minimum absolute atomic E-state index is 0.504. The Morgan fingerprint density at radius 3 is 2.61 bits per heavy atom. The van der Waals surface area contributed by atoms with Crippen LogP contribution in [0.1, 0.15) is 19.8 Å². The maximum Gasteiger partial charge on any atom is 0.311 e. The van der Waals surface area contributed by atoms with Crippen molar-refractivity contribution in [3.05, 3.63) is 0 Å². The third kappa shape index (κ3) is 2.84. The number of piperazine rings is 1. The second-order valence-electron chi connectivity index (χ2n) is 5.76. The molecule has 5 heteroatoms. The zero-order chi connectivity index (χ0) is 13.2. The highest BCUT2D eigenvalue weighted by molar-refractivity contribution is 5.75. The number of carbonyl (C=O) groups is 1. The summed E-state index contributed by atoms with van der Waals surface area (Å²) >= 11 is 0. The topological polar surface area (TPSA) is 53.0 Å². The first-order valence-corrected chi connectivity index (χ1v) is 6.77. The van der Waals surface area contributed by atoms with Crippen molar-refractivity contribution in [3.63, 3.8) is 0 Å². The van der Waals surface area contributed by atoms with Crippen LogP contribution in [0.25, 0.3) is 0 Å². The van der Waals surface area contributed by atoms with E-state index in [-0.39, 0.29) is 0 Å². The maximum atomic E-state index is 11.6. The van der Waals surface area contributed by atoms with Crippen LogP contribution in [-0.2, 0) is 9.53 Å². The molecule has 2 heterocycles. The molecule has 104 valence electrons. The number of carboxylic acids is 1. The largest absolute Gasteiger partial charge is 0.481 e. The summed E-state index contributed by atoms with van der Waals surface area (Å²) in [5, 5.41) is 9.54. The van der Waals surface area contributed by atoms with E-state index in [9.17, 15) is 9.90 Å². The number of hydrogen-bond donors (Lipinski definition) is 1. The molecular weight excluding hydrogens is 232 g/mol. The van der Waals surface area contributed by atoms with Crippen molar-refractivity contribution in [3.8, 4) is 0 Å². The molecule has 5 nitrogen and oxygen atoms in total. The molecule has 2 fully saturated rings. The molecule has 18 heavy (non-hydrogen) atoms. The molecule has 0 radical (unpaired) electrons. The van der Waals surface area contributed by atoms with E-state index in [1.165, 1.54) is 0 Å². The van der Waals surface area contributed by atoms with Crippen LogP contribution in [0.2, 0.25) is 0 Å². The Morgan fingerprint density at radius 2 is 2.06 bits per heavy atom. The summed E-state index contributed by atoms with van der Waals surface area (Å²) in [7, 11) is 2.13. The summed E-state index contributed by atoms with van der Waals surface area (Å²) in [6.45, 7) is 6.98. The minimum atomic E-state index is -0.655. The molecular formula is C13H24N2O3. The van der Waals surface area contributed by atoms with Gasteiger partial charge in [-0.3, -0.25) is 9.69 Å². The van der Waals surface area contributed by atoms with E-state index in [0.717, 1.165) is 19.6 Å². The predicted molar refractivity (Wildman–Crippen MR) is 68.7 cm³/mol. The molecule has 2 aliphatic heterocycles. The summed E-state index contributed by atoms with van der Waals surface area (Å²) in [6.07, 6.45) is 1.28. The molecule has 0 aromatic rings. The van der Waals surface area contributed by atoms with Gasteiger partial charge in [0.05, 0.1) is 5.41 Å². The van der Waals surface area contributed by atoms with Crippen LogP contribution in [0.4, 0.5) is 0 Å². The van der Waals surface area contributed by atoms with Gasteiger partial charge in [-0.2, -0.15) is 0 Å². The fourth-order valence-electron chi connectivity index (χ4n) is 2.90. The molecule has 2 rings (SSSR count). The van der Waals surface area contributed by atoms with Gasteiger partial charge in [0, 0.05) is 45.4 Å². The maximum absolute atomic E-state index is 11.6. The van der Waals surface area contributed by atoms with Crippen molar-refractivity contribution in [2.45, 2.75) is 25.8 Å². The van der Waals surface area contributed by atoms with Gasteiger partial charge in [-0.25, -0.2) is 0 Å². The smallest absolute Gasteiger partial charge is 0.311 e. The van der Waals surface area contributed by atoms with E-state index in [2.05, 4.69) is 23.8 Å². The highest BCUT2D eigenvalue weighted by Gasteiger charge is 2.42. The Balaban J connectivity index is 1.99. The number of rotatable bonds is 3. The van der Waals surface area contributed by atoms with Gasteiger partial charge < -0.3 is 14.7 Å². The van der Waals surface area contributed by atoms with E-state index in [0.29, 0.717) is 38.6 Å². The van der Waals surface area contributed by atoms with Crippen molar-refractivity contribution in [2.24, 2.45) is 5.41 Å². The van der Waals surface area contributed by atoms with E-state index in [4.69, 9.17) is 4.74 Å². The molecule has 0 aliphatic carbocycles. The van der Waals surface area contributed by atoms with Crippen LogP contribution in [-0.4, -0.2) is 73.4 Å². The van der Waals surface area contributed by atoms with Gasteiger partial charge in [0.1, 0.15) is 0 Å². The lowest BCUT2D eigenvalue weighted by Crippen LogP contribution is -2.55. The van der Waals surface area contributed by atoms with Crippen molar-refractivity contribution >= 4 is 5.97 Å². The monoisotopic (exact) mass is 256 g/mol. The minimum Gasteiger partial charge on any atom is -0.481 e. The Hall–Kier alpha value is -0.650. The Labute approximate surface area is 109 Å². The fraction of sp³-hybridized carbons (Fsp3) is 0.923. The molecule has 0 aromatic carbocycles. The first-order chi connectivity index (χ1) is 8.53. The van der Waals surface area contributed by atoms with Gasteiger partial charge in [0.2, 0.25) is 0 Å². The average Bonchev–Trinajstić information content (AvgIpc) is 2.35. The Bertz CT molecular complexity index is 303. The number of nitrogens with zero attached hydrogens (tertiary/aromatic N) is 2. The SMILES string of the molecule is CC1CN(CC2(C(=O)O)CCOCC2)CCN1C. The average molecular weight is 256 g/mol. The zero-order valence-electron chi connectivity index (χ0n) is 11.4. The second-order valence-corrected chi connectivity index (χ2v) is 5.76. The zero-order valence-corrected chi connectivity index (χ0v) is 11.4. The summed E-state index contributed by atoms with van der Waals surface area (Å²) in [5.41, 5.74) is -0.589. The molecule has 0 saturated carbocycles. The van der Waals surface area contributed by atoms with Gasteiger partial charge >= 0.3 is 5.97 Å². The summed E-state index contributed by atoms with van der Waals surface area (Å²) in [6, 6.07) is 0.504. The van der Waals surface area contributed by atoms with Crippen LogP contribution >= 0.6 is 0 Å². The Kier molecular flexibility index (Phi) is 4.25. The first-order valence-electron chi connectivity index (χ1n) is 6.77. The Morgan fingerprint density at radius 1 is 1.39 bits per heavy atom. The van der Waals surface area contributed by atoms with Crippen LogP contribution in [0.15, 0.2) is 0 Å². The molecule has 1 atom stereocenters. The van der Waals surface area contributed by atoms with Crippen molar-refractivity contribution in [1.29, 1.82) is 0 Å². The van der Waals surface area contributed by atoms with Crippen molar-refractivity contribution in [1.82, 2.24) is 9.80 Å². The summed E-state index contributed by atoms with van der Waals surface area (Å²) < 4.78 is 5.31. The van der Waals surface area contributed by atoms with Gasteiger partial charge in [0.15, 0.2) is 0 Å². The number of hydrogen-bond acceptors (Lipinski definition) is 4. The normalized spacial score (nSPS) is 30.2. The van der Waals surface area contributed by atoms with Crippen LogP contribution in [0.5, 0.6) is 0 Å². The predicted octanol–water partition coefficient (Wildman–Crippen LogP) is 0.504. The van der Waals surface area contributed by atoms with Crippen LogP contribution in [0.3, 0.4) is 0 Å². The summed E-state index contributed by atoms with van der Waals surface area (Å²) in [5.74, 6) is -0.655. The van der Waals surface area contributed by atoms with E-state index in [1.807, 2.05) is 0 Å². The number of likely N-dealkylation sites (N-methyl/N-ethyl adjacent to an activating group) is 1.